The zero-order chi connectivity index (χ0) is 29.7. The lowest BCUT2D eigenvalue weighted by atomic mass is 10.0. The van der Waals surface area contributed by atoms with Gasteiger partial charge in [-0.3, -0.25) is 29.0 Å². The molecule has 0 aliphatic carbocycles. The van der Waals surface area contributed by atoms with Gasteiger partial charge in [0.25, 0.3) is 0 Å². The average molecular weight is 561 g/mol. The number of aliphatic carboxylic acids is 4. The van der Waals surface area contributed by atoms with Crippen molar-refractivity contribution < 1.29 is 79.4 Å². The molecule has 0 aromatic heterocycles. The molecule has 0 radical (unpaired) electrons. The highest BCUT2D eigenvalue weighted by molar-refractivity contribution is 5.73. The zero-order valence-corrected chi connectivity index (χ0v) is 20.4. The van der Waals surface area contributed by atoms with Crippen LogP contribution >= 0.6 is 0 Å². The number of rotatable bonds is 22. The number of aliphatic hydroxyl groups is 5. The third-order valence-corrected chi connectivity index (χ3v) is 4.33. The molecule has 18 heteroatoms. The maximum absolute atomic E-state index is 10.6. The molecule has 0 aliphatic heterocycles. The fraction of sp³-hybridized carbons (Fsp3) is 0.750. The van der Waals surface area contributed by atoms with E-state index in [0.717, 1.165) is 0 Å². The Kier molecular flexibility index (Phi) is 21.8. The van der Waals surface area contributed by atoms with Crippen molar-refractivity contribution in [3.8, 4) is 0 Å². The Balaban J connectivity index is 0. The Bertz CT molecular complexity index is 635. The lowest BCUT2D eigenvalue weighted by Crippen LogP contribution is -2.46. The molecular weight excluding hydrogens is 524 g/mol. The van der Waals surface area contributed by atoms with Crippen molar-refractivity contribution in [2.75, 3.05) is 72.3 Å². The van der Waals surface area contributed by atoms with Gasteiger partial charge in [-0.05, 0) is 0 Å². The van der Waals surface area contributed by atoms with E-state index in [0.29, 0.717) is 0 Å². The van der Waals surface area contributed by atoms with Crippen LogP contribution in [-0.4, -0.2) is 183 Å². The van der Waals surface area contributed by atoms with Crippen molar-refractivity contribution in [2.24, 2.45) is 0 Å². The first-order valence-corrected chi connectivity index (χ1v) is 11.0. The standard InChI is InChI=1S/C14H24N2O10.C6H12O6/c17-11(18)7-15(8-12(19)20)1-3-25-5-6-26-4-2-16(9-13(21)22)10-14(23)24;7-1-3(9)5(11)6(12)4(10)2-8/h1-10H2,(H,17,18)(H,19,20)(H,21,22)(H,23,24);1,3-6,8-12H,2H2/t;3-,4+,5+,6+/m.0/s1. The van der Waals surface area contributed by atoms with E-state index in [1.165, 1.54) is 9.80 Å². The van der Waals surface area contributed by atoms with Gasteiger partial charge >= 0.3 is 23.9 Å². The van der Waals surface area contributed by atoms with Crippen LogP contribution in [0.2, 0.25) is 0 Å². The van der Waals surface area contributed by atoms with E-state index in [4.69, 9.17) is 55.4 Å². The van der Waals surface area contributed by atoms with E-state index in [9.17, 15) is 24.0 Å². The quantitative estimate of drug-likeness (QED) is 0.0441. The Labute approximate surface area is 216 Å². The van der Waals surface area contributed by atoms with Crippen LogP contribution in [0.3, 0.4) is 0 Å². The van der Waals surface area contributed by atoms with Gasteiger partial charge in [-0.25, -0.2) is 0 Å². The second-order valence-electron chi connectivity index (χ2n) is 7.58. The smallest absolute Gasteiger partial charge is 0.317 e. The molecule has 0 aliphatic rings. The molecule has 38 heavy (non-hydrogen) atoms. The van der Waals surface area contributed by atoms with Gasteiger partial charge < -0.3 is 60.2 Å². The molecule has 0 aromatic rings. The monoisotopic (exact) mass is 560 g/mol. The maximum atomic E-state index is 10.6. The van der Waals surface area contributed by atoms with Crippen LogP contribution in [0.4, 0.5) is 0 Å². The fourth-order valence-corrected chi connectivity index (χ4v) is 2.52. The van der Waals surface area contributed by atoms with Gasteiger partial charge in [-0.1, -0.05) is 0 Å². The molecule has 18 nitrogen and oxygen atoms in total. The third-order valence-electron chi connectivity index (χ3n) is 4.33. The van der Waals surface area contributed by atoms with Crippen molar-refractivity contribution in [1.82, 2.24) is 9.80 Å². The molecule has 0 saturated heterocycles. The van der Waals surface area contributed by atoms with Crippen LogP contribution in [0.1, 0.15) is 0 Å². The topological polar surface area (TPSA) is 292 Å². The van der Waals surface area contributed by atoms with Gasteiger partial charge in [-0.15, -0.1) is 0 Å². The number of carboxylic acid groups (broad SMARTS) is 4. The highest BCUT2D eigenvalue weighted by Crippen LogP contribution is 2.03. The molecule has 0 unspecified atom stereocenters. The highest BCUT2D eigenvalue weighted by atomic mass is 16.5. The second kappa shape index (κ2) is 22.2. The van der Waals surface area contributed by atoms with Crippen molar-refractivity contribution >= 4 is 30.2 Å². The Morgan fingerprint density at radius 1 is 0.632 bits per heavy atom. The second-order valence-corrected chi connectivity index (χ2v) is 7.58. The number of ether oxygens (including phenoxy) is 2. The van der Waals surface area contributed by atoms with E-state index < -0.39 is 81.1 Å². The average Bonchev–Trinajstić information content (AvgIpc) is 2.82. The summed E-state index contributed by atoms with van der Waals surface area (Å²) in [5.74, 6) is -4.55. The molecule has 0 fully saturated rings. The fourth-order valence-electron chi connectivity index (χ4n) is 2.52. The molecular formula is C20H36N2O16. The first-order chi connectivity index (χ1) is 17.7. The van der Waals surface area contributed by atoms with Gasteiger partial charge in [0.05, 0.1) is 59.2 Å². The lowest BCUT2D eigenvalue weighted by Gasteiger charge is -2.22. The van der Waals surface area contributed by atoms with Crippen LogP contribution in [0, 0.1) is 0 Å². The lowest BCUT2D eigenvalue weighted by molar-refractivity contribution is -0.144. The third kappa shape index (κ3) is 21.3. The minimum atomic E-state index is -1.79. The molecule has 0 aromatic carbocycles. The van der Waals surface area contributed by atoms with Crippen molar-refractivity contribution in [3.63, 3.8) is 0 Å². The largest absolute Gasteiger partial charge is 0.480 e. The van der Waals surface area contributed by atoms with Gasteiger partial charge in [0.1, 0.15) is 24.4 Å². The van der Waals surface area contributed by atoms with Crippen LogP contribution < -0.4 is 0 Å². The predicted molar refractivity (Wildman–Crippen MR) is 122 cm³/mol. The number of hydrogen-bond donors (Lipinski definition) is 9. The molecule has 0 heterocycles. The zero-order valence-electron chi connectivity index (χ0n) is 20.4. The van der Waals surface area contributed by atoms with Gasteiger partial charge in [-0.2, -0.15) is 0 Å². The van der Waals surface area contributed by atoms with Gasteiger partial charge in [0, 0.05) is 13.1 Å². The van der Waals surface area contributed by atoms with E-state index in [1.807, 2.05) is 0 Å². The van der Waals surface area contributed by atoms with Crippen molar-refractivity contribution in [1.29, 1.82) is 0 Å². The van der Waals surface area contributed by atoms with Gasteiger partial charge in [0.15, 0.2) is 6.29 Å². The first kappa shape index (κ1) is 37.3. The molecule has 0 saturated carbocycles. The molecule has 0 spiro atoms. The summed E-state index contributed by atoms with van der Waals surface area (Å²) in [6.07, 6.45) is -6.84. The highest BCUT2D eigenvalue weighted by Gasteiger charge is 2.29. The Morgan fingerprint density at radius 2 is 0.974 bits per heavy atom. The number of aliphatic hydroxyl groups excluding tert-OH is 5. The normalized spacial score (nSPS) is 14.2. The molecule has 4 atom stereocenters. The summed E-state index contributed by atoms with van der Waals surface area (Å²) in [4.78, 5) is 54.8. The predicted octanol–water partition coefficient (Wildman–Crippen LogP) is -5.42. The number of carboxylic acids is 4. The summed E-state index contributed by atoms with van der Waals surface area (Å²) in [7, 11) is 0. The number of nitrogens with zero attached hydrogens (tertiary/aromatic N) is 2. The summed E-state index contributed by atoms with van der Waals surface area (Å²) in [6.45, 7) is -1.55. The summed E-state index contributed by atoms with van der Waals surface area (Å²) >= 11 is 0. The first-order valence-electron chi connectivity index (χ1n) is 11.0. The maximum Gasteiger partial charge on any atom is 0.317 e. The minimum absolute atomic E-state index is 0.0258. The summed E-state index contributed by atoms with van der Waals surface area (Å²) < 4.78 is 10.4. The number of aldehydes is 1. The van der Waals surface area contributed by atoms with E-state index >= 15 is 0 Å². The summed E-state index contributed by atoms with van der Waals surface area (Å²) in [5.41, 5.74) is 0. The Hall–Kier alpha value is -2.81. The molecule has 0 bridgehead atoms. The van der Waals surface area contributed by atoms with Crippen LogP contribution in [0.5, 0.6) is 0 Å². The molecule has 0 amide bonds. The number of hydrogen-bond acceptors (Lipinski definition) is 14. The molecule has 222 valence electrons. The number of carbonyl (C=O) groups excluding carboxylic acids is 1. The van der Waals surface area contributed by atoms with Crippen LogP contribution in [0.25, 0.3) is 0 Å². The summed E-state index contributed by atoms with van der Waals surface area (Å²) in [6, 6.07) is 0. The van der Waals surface area contributed by atoms with Crippen LogP contribution in [-0.2, 0) is 33.4 Å². The molecule has 9 N–H and O–H groups in total. The van der Waals surface area contributed by atoms with Crippen molar-refractivity contribution in [3.05, 3.63) is 0 Å². The summed E-state index contributed by atoms with van der Waals surface area (Å²) in [5, 5.41) is 78.2. The van der Waals surface area contributed by atoms with Crippen LogP contribution in [0.15, 0.2) is 0 Å². The van der Waals surface area contributed by atoms with Crippen molar-refractivity contribution in [2.45, 2.75) is 24.4 Å². The van der Waals surface area contributed by atoms with Gasteiger partial charge in [0.2, 0.25) is 0 Å². The molecule has 0 rings (SSSR count). The Morgan fingerprint density at radius 3 is 1.24 bits per heavy atom. The number of carbonyl (C=O) groups is 5. The van der Waals surface area contributed by atoms with E-state index in [2.05, 4.69) is 0 Å². The van der Waals surface area contributed by atoms with E-state index in [1.54, 1.807) is 0 Å². The van der Waals surface area contributed by atoms with E-state index in [-0.39, 0.29) is 45.8 Å². The SMILES string of the molecule is O=C(O)CN(CCOCCOCCN(CC(=O)O)CC(=O)O)CC(=O)O.O=C[C@H](O)[C@@H](O)[C@H](O)[C@H](O)CO. The minimum Gasteiger partial charge on any atom is -0.480 e.